The van der Waals surface area contributed by atoms with Crippen molar-refractivity contribution in [2.45, 2.75) is 153 Å². The van der Waals surface area contributed by atoms with Crippen LogP contribution in [0.15, 0.2) is 35.3 Å². The first-order chi connectivity index (χ1) is 30.0. The number of piperidine rings is 3. The van der Waals surface area contributed by atoms with Gasteiger partial charge in [-0.2, -0.15) is 0 Å². The molecule has 0 unspecified atom stereocenters. The third kappa shape index (κ3) is 9.72. The fourth-order valence-electron chi connectivity index (χ4n) is 13.9. The fraction of sp³-hybridized carbons (Fsp3) is 0.741. The minimum absolute atomic E-state index is 0. The van der Waals surface area contributed by atoms with Gasteiger partial charge in [-0.25, -0.2) is 14.5 Å². The molecule has 354 valence electrons. The van der Waals surface area contributed by atoms with Gasteiger partial charge in [-0.05, 0) is 85.5 Å². The van der Waals surface area contributed by atoms with Crippen molar-refractivity contribution in [3.8, 4) is 0 Å². The van der Waals surface area contributed by atoms with E-state index in [9.17, 15) is 24.0 Å². The van der Waals surface area contributed by atoms with Crippen molar-refractivity contribution in [3.63, 3.8) is 0 Å². The van der Waals surface area contributed by atoms with Crippen LogP contribution in [0.2, 0.25) is 0 Å². The van der Waals surface area contributed by atoms with Crippen LogP contribution >= 0.6 is 0 Å². The second kappa shape index (κ2) is 19.4. The Bertz CT molecular complexity index is 2000. The molecule has 5 aliphatic carbocycles. The summed E-state index contributed by atoms with van der Waals surface area (Å²) in [5.74, 6) is 1.63. The number of carbonyl (C=O) groups excluding carboxylic acids is 5. The lowest BCUT2D eigenvalue weighted by molar-refractivity contribution is -0.146. The van der Waals surface area contributed by atoms with E-state index >= 15 is 0 Å². The number of hydrogen-bond acceptors (Lipinski definition) is 6. The van der Waals surface area contributed by atoms with E-state index in [1.165, 1.54) is 12.8 Å². The predicted molar refractivity (Wildman–Crippen MR) is 255 cm³/mol. The Morgan fingerprint density at radius 2 is 0.846 bits per heavy atom. The van der Waals surface area contributed by atoms with Crippen molar-refractivity contribution in [2.24, 2.45) is 62.1 Å². The second-order valence-electron chi connectivity index (χ2n) is 23.0. The first kappa shape index (κ1) is 51.6. The molecule has 2 saturated carbocycles. The number of Topliss-reactive ketones (excluding diaryl/α,β-unsaturated/α-hetero) is 3. The molecule has 65 heavy (non-hydrogen) atoms. The van der Waals surface area contributed by atoms with Crippen LogP contribution < -0.4 is 5.32 Å². The number of amides is 2. The largest absolute Gasteiger partial charge is 0.342 e. The Labute approximate surface area is 391 Å². The van der Waals surface area contributed by atoms with Gasteiger partial charge in [-0.15, -0.1) is 0 Å². The normalized spacial score (nSPS) is 33.8. The average Bonchev–Trinajstić information content (AvgIpc) is 3.27. The van der Waals surface area contributed by atoms with E-state index in [1.54, 1.807) is 0 Å². The molecule has 0 spiro atoms. The van der Waals surface area contributed by atoms with Gasteiger partial charge in [0.15, 0.2) is 17.3 Å². The molecule has 0 aromatic carbocycles. The first-order valence-electron chi connectivity index (χ1n) is 24.2. The van der Waals surface area contributed by atoms with Crippen LogP contribution in [0, 0.1) is 81.8 Å². The van der Waals surface area contributed by atoms with E-state index in [-0.39, 0.29) is 76.1 Å². The summed E-state index contributed by atoms with van der Waals surface area (Å²) < 4.78 is 0. The minimum Gasteiger partial charge on any atom is -0.342 e. The van der Waals surface area contributed by atoms with Gasteiger partial charge < -0.3 is 29.5 Å². The fourth-order valence-corrected chi connectivity index (χ4v) is 13.9. The minimum atomic E-state index is -0.524. The van der Waals surface area contributed by atoms with Crippen molar-refractivity contribution in [3.05, 3.63) is 69.6 Å². The summed E-state index contributed by atoms with van der Waals surface area (Å²) in [6.07, 6.45) is 19.5. The highest BCUT2D eigenvalue weighted by atomic mass is 16.2. The van der Waals surface area contributed by atoms with Crippen LogP contribution in [0.3, 0.4) is 0 Å². The summed E-state index contributed by atoms with van der Waals surface area (Å²) in [5.41, 5.74) is -1.21. The molecule has 2 amide bonds. The maximum absolute atomic E-state index is 12.9. The number of allylic oxidation sites excluding steroid dienone is 3. The molecule has 0 aromatic heterocycles. The molecule has 8 aliphatic rings. The van der Waals surface area contributed by atoms with Crippen molar-refractivity contribution in [1.82, 2.24) is 15.1 Å². The Morgan fingerprint density at radius 3 is 1.18 bits per heavy atom. The van der Waals surface area contributed by atoms with E-state index in [0.29, 0.717) is 36.5 Å². The zero-order chi connectivity index (χ0) is 47.0. The Balaban J connectivity index is 0.000000186. The Hall–Kier alpha value is -4.40. The summed E-state index contributed by atoms with van der Waals surface area (Å²) in [4.78, 5) is 77.5. The highest BCUT2D eigenvalue weighted by Gasteiger charge is 2.56. The van der Waals surface area contributed by atoms with E-state index in [4.69, 9.17) is 19.7 Å². The van der Waals surface area contributed by atoms with Gasteiger partial charge >= 0.3 is 0 Å². The molecule has 6 atom stereocenters. The monoisotopic (exact) mass is 891 g/mol. The summed E-state index contributed by atoms with van der Waals surface area (Å²) in [5, 5.41) is 3.36. The summed E-state index contributed by atoms with van der Waals surface area (Å²) in [7, 11) is 0. The van der Waals surface area contributed by atoms with Crippen molar-refractivity contribution >= 4 is 29.2 Å². The van der Waals surface area contributed by atoms with Gasteiger partial charge in [0.2, 0.25) is 28.9 Å². The molecule has 0 bridgehead atoms. The van der Waals surface area contributed by atoms with Crippen LogP contribution in [0.4, 0.5) is 0 Å². The van der Waals surface area contributed by atoms with Crippen LogP contribution in [0.25, 0.3) is 14.5 Å². The standard InChI is InChI=1S/2C20H28N2O2.C13H18N2O.CH4/c2*1-19(2)16-10-11-22(18(24)14-8-6-5-7-9-14)13-20(16,3)12-15(21-4)17(19)23;1-12(2)10-5-6-15-8-13(10,3)7-9(14-4)11(12)16;/h2*12,14,16H,5-11,13H2,1-3H3;7,10,15H,5-6,8H2,1-3H3;1H4/t2*16-,20+;10-,13+;/m100./s1. The molecule has 11 heteroatoms. The molecular weight excluding hydrogens is 813 g/mol. The number of nitrogens with one attached hydrogen (secondary N) is 1. The lowest BCUT2D eigenvalue weighted by Gasteiger charge is -2.53. The Morgan fingerprint density at radius 1 is 0.523 bits per heavy atom. The number of rotatable bonds is 2. The first-order valence-corrected chi connectivity index (χ1v) is 24.2. The van der Waals surface area contributed by atoms with Crippen molar-refractivity contribution < 1.29 is 24.0 Å². The maximum atomic E-state index is 12.9. The third-order valence-electron chi connectivity index (χ3n) is 17.3. The van der Waals surface area contributed by atoms with Gasteiger partial charge in [0.1, 0.15) is 0 Å². The van der Waals surface area contributed by atoms with Crippen LogP contribution in [-0.2, 0) is 24.0 Å². The highest BCUT2D eigenvalue weighted by Crippen LogP contribution is 2.54. The summed E-state index contributed by atoms with van der Waals surface area (Å²) >= 11 is 0. The lowest BCUT2D eigenvalue weighted by atomic mass is 9.55. The second-order valence-corrected chi connectivity index (χ2v) is 23.0. The predicted octanol–water partition coefficient (Wildman–Crippen LogP) is 10.3. The molecule has 3 heterocycles. The van der Waals surface area contributed by atoms with Gasteiger partial charge in [0.05, 0.1) is 19.7 Å². The topological polar surface area (TPSA) is 117 Å². The molecular formula is C54H78N6O5. The molecule has 11 nitrogen and oxygen atoms in total. The number of likely N-dealkylation sites (tertiary alicyclic amines) is 2. The molecule has 3 aliphatic heterocycles. The molecule has 0 aromatic rings. The van der Waals surface area contributed by atoms with Crippen LogP contribution in [-0.4, -0.2) is 78.2 Å². The molecule has 8 rings (SSSR count). The van der Waals surface area contributed by atoms with Gasteiger partial charge in [0, 0.05) is 60.8 Å². The zero-order valence-electron chi connectivity index (χ0n) is 40.3. The quantitative estimate of drug-likeness (QED) is 0.276. The molecule has 1 N–H and O–H groups in total. The molecule has 3 saturated heterocycles. The van der Waals surface area contributed by atoms with Crippen LogP contribution in [0.5, 0.6) is 0 Å². The average molecular weight is 891 g/mol. The molecule has 0 radical (unpaired) electrons. The van der Waals surface area contributed by atoms with Gasteiger partial charge in [-0.3, -0.25) is 9.59 Å². The number of carbonyl (C=O) groups is 5. The SMILES string of the molecule is C.[C-]#[N+]C1=C[C@@]2(C)CN(C(=O)C3CCCCC3)CC[C@@H]2C(C)(C)C1=O.[C-]#[N+]C1=C[C@]2(C)CN(C(=O)C3CCCCC3)CC[C@H]2C(C)(C)C1=O.[C-]#[N+]C1=C[C@]2(C)CNCC[C@H]2C(C)(C)C1=O. The van der Waals surface area contributed by atoms with Gasteiger partial charge in [-0.1, -0.05) is 126 Å². The van der Waals surface area contributed by atoms with E-state index < -0.39 is 16.2 Å². The van der Waals surface area contributed by atoms with E-state index in [2.05, 4.69) is 40.6 Å². The highest BCUT2D eigenvalue weighted by molar-refractivity contribution is 6.03. The lowest BCUT2D eigenvalue weighted by Crippen LogP contribution is -2.57. The third-order valence-corrected chi connectivity index (χ3v) is 17.3. The van der Waals surface area contributed by atoms with Crippen molar-refractivity contribution in [2.75, 3.05) is 39.3 Å². The molecule has 5 fully saturated rings. The number of nitrogens with zero attached hydrogens (tertiary/aromatic N) is 5. The smallest absolute Gasteiger partial charge is 0.226 e. The van der Waals surface area contributed by atoms with Crippen molar-refractivity contribution in [1.29, 1.82) is 0 Å². The van der Waals surface area contributed by atoms with E-state index in [0.717, 1.165) is 96.8 Å². The maximum Gasteiger partial charge on any atom is 0.226 e. The summed E-state index contributed by atoms with van der Waals surface area (Å²) in [6.45, 7) is 44.7. The number of hydrogen-bond donors (Lipinski definition) is 1. The zero-order valence-corrected chi connectivity index (χ0v) is 40.3. The van der Waals surface area contributed by atoms with Gasteiger partial charge in [0.25, 0.3) is 0 Å². The van der Waals surface area contributed by atoms with Crippen LogP contribution in [0.1, 0.15) is 153 Å². The number of ketones is 3. The number of fused-ring (bicyclic) bond motifs is 3. The Kier molecular flexibility index (Phi) is 15.4. The van der Waals surface area contributed by atoms with E-state index in [1.807, 2.05) is 69.6 Å². The summed E-state index contributed by atoms with van der Waals surface area (Å²) in [6, 6.07) is 0.